The van der Waals surface area contributed by atoms with E-state index in [1.54, 1.807) is 6.20 Å². The summed E-state index contributed by atoms with van der Waals surface area (Å²) < 4.78 is 6.20. The van der Waals surface area contributed by atoms with Crippen LogP contribution in [0.15, 0.2) is 12.3 Å². The molecule has 2 heterocycles. The van der Waals surface area contributed by atoms with E-state index in [1.165, 1.54) is 0 Å². The molecule has 0 atom stereocenters. The van der Waals surface area contributed by atoms with Crippen LogP contribution < -0.4 is 4.90 Å². The minimum atomic E-state index is -1.75. The Morgan fingerprint density at radius 1 is 1.38 bits per heavy atom. The molecule has 5 nitrogen and oxygen atoms in total. The number of nitrogens with zero attached hydrogens (tertiary/aromatic N) is 3. The zero-order chi connectivity index (χ0) is 15.7. The summed E-state index contributed by atoms with van der Waals surface area (Å²) >= 11 is 0. The highest BCUT2D eigenvalue weighted by atomic mass is 28.4. The molecule has 1 aromatic rings. The molecule has 6 heteroatoms. The number of aliphatic hydroxyl groups excluding tert-OH is 1. The molecule has 1 aliphatic rings. The molecule has 0 aliphatic carbocycles. The Hall–Kier alpha value is -0.983. The second-order valence-electron chi connectivity index (χ2n) is 7.35. The zero-order valence-corrected chi connectivity index (χ0v) is 14.8. The lowest BCUT2D eigenvalue weighted by Gasteiger charge is -2.38. The van der Waals surface area contributed by atoms with Crippen LogP contribution in [0.5, 0.6) is 0 Å². The van der Waals surface area contributed by atoms with Crippen molar-refractivity contribution in [2.45, 2.75) is 45.5 Å². The molecule has 118 valence electrons. The van der Waals surface area contributed by atoms with E-state index in [0.717, 1.165) is 24.7 Å². The van der Waals surface area contributed by atoms with Gasteiger partial charge in [-0.2, -0.15) is 0 Å². The third kappa shape index (κ3) is 3.81. The maximum Gasteiger partial charge on any atom is 0.225 e. The molecule has 21 heavy (non-hydrogen) atoms. The van der Waals surface area contributed by atoms with Crippen LogP contribution in [0, 0.1) is 5.92 Å². The van der Waals surface area contributed by atoms with Crippen molar-refractivity contribution in [3.05, 3.63) is 18.0 Å². The summed E-state index contributed by atoms with van der Waals surface area (Å²) in [6, 6.07) is 1.92. The quantitative estimate of drug-likeness (QED) is 0.847. The monoisotopic (exact) mass is 309 g/mol. The van der Waals surface area contributed by atoms with E-state index in [2.05, 4.69) is 48.7 Å². The second kappa shape index (κ2) is 6.02. The molecule has 0 spiro atoms. The minimum absolute atomic E-state index is 0.203. The smallest absolute Gasteiger partial charge is 0.225 e. The minimum Gasteiger partial charge on any atom is -0.411 e. The van der Waals surface area contributed by atoms with Gasteiger partial charge in [-0.05, 0) is 24.2 Å². The highest BCUT2D eigenvalue weighted by molar-refractivity contribution is 6.74. The topological polar surface area (TPSA) is 58.5 Å². The molecule has 0 saturated carbocycles. The second-order valence-corrected chi connectivity index (χ2v) is 12.2. The highest BCUT2D eigenvalue weighted by Crippen LogP contribution is 2.37. The number of rotatable bonds is 5. The van der Waals surface area contributed by atoms with Gasteiger partial charge in [-0.25, -0.2) is 9.97 Å². The Balaban J connectivity index is 1.96. The van der Waals surface area contributed by atoms with Crippen molar-refractivity contribution < 1.29 is 9.53 Å². The Labute approximate surface area is 128 Å². The Bertz CT molecular complexity index is 482. The molecule has 1 aliphatic heterocycles. The Kier molecular flexibility index (Phi) is 4.70. The Morgan fingerprint density at radius 2 is 2.05 bits per heavy atom. The third-order valence-electron chi connectivity index (χ3n) is 4.59. The molecule has 1 aromatic heterocycles. The van der Waals surface area contributed by atoms with Crippen LogP contribution in [0.4, 0.5) is 5.95 Å². The predicted octanol–water partition coefficient (Wildman–Crippen LogP) is 2.43. The van der Waals surface area contributed by atoms with E-state index in [9.17, 15) is 0 Å². The van der Waals surface area contributed by atoms with Crippen LogP contribution in [0.3, 0.4) is 0 Å². The first-order valence-corrected chi connectivity index (χ1v) is 10.5. The number of hydrogen-bond donors (Lipinski definition) is 1. The van der Waals surface area contributed by atoms with Crippen molar-refractivity contribution in [3.63, 3.8) is 0 Å². The molecular weight excluding hydrogens is 282 g/mol. The van der Waals surface area contributed by atoms with Crippen LogP contribution in [0.25, 0.3) is 0 Å². The van der Waals surface area contributed by atoms with Gasteiger partial charge in [0.2, 0.25) is 5.95 Å². The van der Waals surface area contributed by atoms with Crippen LogP contribution in [0.1, 0.15) is 26.5 Å². The average Bonchev–Trinajstić information content (AvgIpc) is 2.34. The van der Waals surface area contributed by atoms with E-state index in [-0.39, 0.29) is 11.6 Å². The number of aromatic nitrogens is 2. The van der Waals surface area contributed by atoms with Crippen LogP contribution in [-0.4, -0.2) is 43.1 Å². The fraction of sp³-hybridized carbons (Fsp3) is 0.733. The molecule has 0 radical (unpaired) electrons. The van der Waals surface area contributed by atoms with E-state index in [0.29, 0.717) is 12.5 Å². The van der Waals surface area contributed by atoms with Crippen molar-refractivity contribution in [3.8, 4) is 0 Å². The molecular formula is C15H27N3O2Si. The van der Waals surface area contributed by atoms with Crippen molar-refractivity contribution in [2.24, 2.45) is 5.92 Å². The molecule has 0 bridgehead atoms. The summed E-state index contributed by atoms with van der Waals surface area (Å²) in [6.45, 7) is 13.7. The SMILES string of the molecule is CC(C)(C)[Si](C)(C)OCc1ccnc(N2CC(CO)C2)n1. The average molecular weight is 309 g/mol. The van der Waals surface area contributed by atoms with Crippen LogP contribution >= 0.6 is 0 Å². The van der Waals surface area contributed by atoms with Gasteiger partial charge in [-0.15, -0.1) is 0 Å². The van der Waals surface area contributed by atoms with Gasteiger partial charge in [0.25, 0.3) is 0 Å². The summed E-state index contributed by atoms with van der Waals surface area (Å²) in [4.78, 5) is 11.0. The van der Waals surface area contributed by atoms with E-state index in [4.69, 9.17) is 9.53 Å². The van der Waals surface area contributed by atoms with Crippen LogP contribution in [-0.2, 0) is 11.0 Å². The number of anilines is 1. The van der Waals surface area contributed by atoms with Crippen molar-refractivity contribution in [2.75, 3.05) is 24.6 Å². The molecule has 1 fully saturated rings. The van der Waals surface area contributed by atoms with Gasteiger partial charge in [0.05, 0.1) is 12.3 Å². The van der Waals surface area contributed by atoms with Gasteiger partial charge in [0, 0.05) is 31.8 Å². The van der Waals surface area contributed by atoms with Gasteiger partial charge in [0.15, 0.2) is 8.32 Å². The van der Waals surface area contributed by atoms with Crippen LogP contribution in [0.2, 0.25) is 18.1 Å². The predicted molar refractivity (Wildman–Crippen MR) is 86.8 cm³/mol. The number of hydrogen-bond acceptors (Lipinski definition) is 5. The summed E-state index contributed by atoms with van der Waals surface area (Å²) in [5.41, 5.74) is 0.928. The first-order valence-electron chi connectivity index (χ1n) is 7.54. The zero-order valence-electron chi connectivity index (χ0n) is 13.8. The number of aliphatic hydroxyl groups is 1. The Morgan fingerprint density at radius 3 is 2.62 bits per heavy atom. The van der Waals surface area contributed by atoms with Gasteiger partial charge in [-0.1, -0.05) is 20.8 Å². The molecule has 0 unspecified atom stereocenters. The molecule has 2 rings (SSSR count). The largest absolute Gasteiger partial charge is 0.411 e. The standard InChI is InChI=1S/C15H27N3O2Si/c1-15(2,3)21(4,5)20-11-13-6-7-16-14(17-13)18-8-12(9-18)10-19/h6-7,12,19H,8-11H2,1-5H3. The summed E-state index contributed by atoms with van der Waals surface area (Å²) in [7, 11) is -1.75. The molecule has 1 N–H and O–H groups in total. The maximum atomic E-state index is 9.07. The first kappa shape index (κ1) is 16.4. The highest BCUT2D eigenvalue weighted by Gasteiger charge is 2.37. The third-order valence-corrected chi connectivity index (χ3v) is 9.06. The van der Waals surface area contributed by atoms with Gasteiger partial charge < -0.3 is 14.4 Å². The lowest BCUT2D eigenvalue weighted by Crippen LogP contribution is -2.49. The van der Waals surface area contributed by atoms with Crippen molar-refractivity contribution in [1.29, 1.82) is 0 Å². The van der Waals surface area contributed by atoms with E-state index in [1.807, 2.05) is 6.07 Å². The fourth-order valence-electron chi connectivity index (χ4n) is 1.94. The van der Waals surface area contributed by atoms with Gasteiger partial charge in [-0.3, -0.25) is 0 Å². The van der Waals surface area contributed by atoms with E-state index < -0.39 is 8.32 Å². The van der Waals surface area contributed by atoms with Crippen molar-refractivity contribution in [1.82, 2.24) is 9.97 Å². The molecule has 0 aromatic carbocycles. The molecule has 0 amide bonds. The summed E-state index contributed by atoms with van der Waals surface area (Å²) in [5.74, 6) is 1.11. The van der Waals surface area contributed by atoms with Gasteiger partial charge >= 0.3 is 0 Å². The first-order chi connectivity index (χ1) is 9.73. The lowest BCUT2D eigenvalue weighted by atomic mass is 10.0. The van der Waals surface area contributed by atoms with Gasteiger partial charge in [0.1, 0.15) is 0 Å². The fourth-order valence-corrected chi connectivity index (χ4v) is 2.88. The summed E-state index contributed by atoms with van der Waals surface area (Å²) in [6.07, 6.45) is 1.79. The maximum absolute atomic E-state index is 9.07. The van der Waals surface area contributed by atoms with Crippen molar-refractivity contribution >= 4 is 14.3 Å². The molecule has 1 saturated heterocycles. The van der Waals surface area contributed by atoms with E-state index >= 15 is 0 Å². The summed E-state index contributed by atoms with van der Waals surface area (Å²) in [5, 5.41) is 9.28. The lowest BCUT2D eigenvalue weighted by molar-refractivity contribution is 0.199. The normalized spacial score (nSPS) is 17.0.